The number of carbonyl (C=O) groups is 1. The average molecular weight is 236 g/mol. The third-order valence-electron chi connectivity index (χ3n) is 0.744. The van der Waals surface area contributed by atoms with Crippen LogP contribution in [0.3, 0.4) is 0 Å². The maximum absolute atomic E-state index is 9.76. The van der Waals surface area contributed by atoms with Crippen LogP contribution in [0, 0.1) is 0 Å². The van der Waals surface area contributed by atoms with E-state index in [-0.39, 0.29) is 70.3 Å². The zero-order chi connectivity index (χ0) is 5.70. The van der Waals surface area contributed by atoms with Gasteiger partial charge >= 0.3 is 74.9 Å². The minimum Gasteiger partial charge on any atom is -1.00 e. The van der Waals surface area contributed by atoms with Crippen molar-refractivity contribution in [2.45, 2.75) is 26.2 Å². The second kappa shape index (κ2) is 8.52. The Morgan fingerprint density at radius 2 is 2.25 bits per heavy atom. The quantitative estimate of drug-likeness (QED) is 0.639. The predicted molar refractivity (Wildman–Crippen MR) is 28.3 cm³/mol. The Morgan fingerprint density at radius 1 is 1.75 bits per heavy atom. The largest absolute Gasteiger partial charge is 1.00 e. The van der Waals surface area contributed by atoms with Gasteiger partial charge in [-0.25, -0.2) is 0 Å². The molecule has 0 aliphatic rings. The molecular weight excluding hydrogens is 225 g/mol. The van der Waals surface area contributed by atoms with E-state index in [2.05, 4.69) is 0 Å². The number of rotatable bonds is 3. The summed E-state index contributed by atoms with van der Waals surface area (Å²) in [5, 5.41) is 8.04. The van der Waals surface area contributed by atoms with E-state index in [4.69, 9.17) is 5.11 Å². The van der Waals surface area contributed by atoms with E-state index in [1.54, 1.807) is 0 Å². The zero-order valence-corrected chi connectivity index (χ0v) is 11.8. The first-order chi connectivity index (χ1) is 3.27. The van der Waals surface area contributed by atoms with Gasteiger partial charge in [-0.3, -0.25) is 4.79 Å². The molecule has 0 aliphatic carbocycles. The van der Waals surface area contributed by atoms with Gasteiger partial charge in [-0.1, -0.05) is 13.3 Å². The van der Waals surface area contributed by atoms with Crippen molar-refractivity contribution in [1.29, 1.82) is 0 Å². The smallest absolute Gasteiger partial charge is 1.00 e. The van der Waals surface area contributed by atoms with Crippen LogP contribution in [0.2, 0.25) is 0 Å². The van der Waals surface area contributed by atoms with E-state index in [1.807, 2.05) is 6.92 Å². The summed E-state index contributed by atoms with van der Waals surface area (Å²) >= 11 is 0. The minimum absolute atomic E-state index is 0. The van der Waals surface area contributed by atoms with Crippen molar-refractivity contribution in [2.24, 2.45) is 0 Å². The first-order valence-electron chi connectivity index (χ1n) is 2.49. The second-order valence-electron chi connectivity index (χ2n) is 1.50. The number of hydrogen-bond donors (Lipinski definition) is 1. The molecule has 0 bridgehead atoms. The monoisotopic (exact) mass is 236 g/mol. The summed E-state index contributed by atoms with van der Waals surface area (Å²) in [4.78, 5) is 9.76. The molecule has 0 atom stereocenters. The average Bonchev–Trinajstić information content (AvgIpc) is 1.61. The van der Waals surface area contributed by atoms with E-state index in [1.165, 1.54) is 0 Å². The van der Waals surface area contributed by atoms with Gasteiger partial charge in [0.2, 0.25) is 0 Å². The number of carboxylic acid groups (broad SMARTS) is 1. The van der Waals surface area contributed by atoms with E-state index in [0.29, 0.717) is 6.42 Å². The van der Waals surface area contributed by atoms with Crippen LogP contribution >= 0.6 is 0 Å². The molecule has 0 aromatic heterocycles. The van der Waals surface area contributed by atoms with E-state index >= 15 is 0 Å². The summed E-state index contributed by atoms with van der Waals surface area (Å²) in [7, 11) is 0. The zero-order valence-electron chi connectivity index (χ0n) is 6.48. The maximum Gasteiger partial charge on any atom is 1.00 e. The van der Waals surface area contributed by atoms with Gasteiger partial charge in [0.15, 0.2) is 0 Å². The van der Waals surface area contributed by atoms with Gasteiger partial charge in [0.25, 0.3) is 0 Å². The molecule has 0 saturated heterocycles. The molecule has 0 aromatic carbocycles. The van der Waals surface area contributed by atoms with Crippen molar-refractivity contribution in [1.82, 2.24) is 0 Å². The fourth-order valence-electron chi connectivity index (χ4n) is 0.328. The molecule has 0 unspecified atom stereocenters. The van der Waals surface area contributed by atoms with Crippen LogP contribution in [0.1, 0.15) is 27.6 Å². The van der Waals surface area contributed by atoms with Crippen LogP contribution in [0.5, 0.6) is 0 Å². The summed E-state index contributed by atoms with van der Waals surface area (Å²) in [6.07, 6.45) is 2.08. The van der Waals surface area contributed by atoms with Crippen molar-refractivity contribution in [2.75, 3.05) is 0 Å². The molecule has 0 fully saturated rings. The van der Waals surface area contributed by atoms with Crippen LogP contribution in [0.15, 0.2) is 0 Å². The third-order valence-corrected chi connectivity index (χ3v) is 0.744. The Kier molecular flexibility index (Phi) is 13.0. The van der Waals surface area contributed by atoms with Crippen LogP contribution in [0.4, 0.5) is 0 Å². The first kappa shape index (κ1) is 12.2. The molecule has 2 nitrogen and oxygen atoms in total. The van der Waals surface area contributed by atoms with Gasteiger partial charge in [-0.05, 0) is 6.42 Å². The Bertz CT molecular complexity index is 68.0. The molecule has 0 aliphatic heterocycles. The van der Waals surface area contributed by atoms with Crippen LogP contribution in [0.25, 0.3) is 0 Å². The first-order valence-corrected chi connectivity index (χ1v) is 2.49. The van der Waals surface area contributed by atoms with E-state index < -0.39 is 5.97 Å². The number of hydrogen-bond acceptors (Lipinski definition) is 1. The molecule has 0 spiro atoms. The molecule has 1 N–H and O–H groups in total. The third kappa shape index (κ3) is 10.5. The second-order valence-corrected chi connectivity index (χ2v) is 1.50. The topological polar surface area (TPSA) is 37.3 Å². The number of carboxylic acids is 1. The van der Waals surface area contributed by atoms with E-state index in [9.17, 15) is 4.79 Å². The number of unbranched alkanes of at least 4 members (excludes halogenated alkanes) is 1. The molecule has 3 heteroatoms. The molecule has 0 aromatic rings. The summed E-state index contributed by atoms with van der Waals surface area (Å²) in [5.41, 5.74) is 0. The van der Waals surface area contributed by atoms with Crippen molar-refractivity contribution in [3.05, 3.63) is 0 Å². The standard InChI is InChI=1S/C5H10O2.Cs.H/c1-2-3-4-5(6)7;;/h2-4H2,1H3,(H,6,7);;/q;+1;-1. The van der Waals surface area contributed by atoms with Gasteiger partial charge in [-0.15, -0.1) is 0 Å². The summed E-state index contributed by atoms with van der Waals surface area (Å²) in [5.74, 6) is -0.693. The molecular formula is C5H11CsO2. The van der Waals surface area contributed by atoms with Gasteiger partial charge in [-0.2, -0.15) is 0 Å². The van der Waals surface area contributed by atoms with Crippen LogP contribution in [-0.2, 0) is 4.79 Å². The molecule has 0 radical (unpaired) electrons. The SMILES string of the molecule is CCCCC(=O)O.[Cs+].[H-]. The fourth-order valence-corrected chi connectivity index (χ4v) is 0.328. The predicted octanol–water partition coefficient (Wildman–Crippen LogP) is -1.62. The Labute approximate surface area is 110 Å². The maximum atomic E-state index is 9.76. The molecule has 0 rings (SSSR count). The Balaban J connectivity index is -0.000000180. The summed E-state index contributed by atoms with van der Waals surface area (Å²) < 4.78 is 0. The molecule has 8 heavy (non-hydrogen) atoms. The van der Waals surface area contributed by atoms with Crippen LogP contribution < -0.4 is 68.9 Å². The van der Waals surface area contributed by atoms with Gasteiger partial charge in [0.1, 0.15) is 0 Å². The van der Waals surface area contributed by atoms with Crippen molar-refractivity contribution < 1.29 is 80.2 Å². The minimum atomic E-state index is -0.693. The van der Waals surface area contributed by atoms with Crippen LogP contribution in [-0.4, -0.2) is 11.1 Å². The van der Waals surface area contributed by atoms with E-state index in [0.717, 1.165) is 12.8 Å². The summed E-state index contributed by atoms with van der Waals surface area (Å²) in [6.45, 7) is 1.98. The van der Waals surface area contributed by atoms with Crippen molar-refractivity contribution >= 4 is 5.97 Å². The van der Waals surface area contributed by atoms with Gasteiger partial charge in [0.05, 0.1) is 0 Å². The molecule has 0 amide bonds. The number of aliphatic carboxylic acids is 1. The Morgan fingerprint density at radius 3 is 2.38 bits per heavy atom. The molecule has 44 valence electrons. The molecule has 0 saturated carbocycles. The fraction of sp³-hybridized carbons (Fsp3) is 0.800. The van der Waals surface area contributed by atoms with Gasteiger partial charge in [0, 0.05) is 6.42 Å². The van der Waals surface area contributed by atoms with Gasteiger partial charge < -0.3 is 6.53 Å². The normalized spacial score (nSPS) is 7.62. The van der Waals surface area contributed by atoms with Crippen molar-refractivity contribution in [3.8, 4) is 0 Å². The Hall–Kier alpha value is 1.52. The van der Waals surface area contributed by atoms with Crippen molar-refractivity contribution in [3.63, 3.8) is 0 Å². The molecule has 0 heterocycles. The summed E-state index contributed by atoms with van der Waals surface area (Å²) in [6, 6.07) is 0.